The molecule has 5 heteroatoms. The van der Waals surface area contributed by atoms with Crippen molar-refractivity contribution in [2.45, 2.75) is 19.8 Å². The smallest absolute Gasteiger partial charge is 0.273 e. The zero-order valence-corrected chi connectivity index (χ0v) is 10.2. The molecule has 0 aliphatic carbocycles. The van der Waals surface area contributed by atoms with Gasteiger partial charge in [-0.2, -0.15) is 5.10 Å². The standard InChI is InChI=1S/C10H14BrN3O/c1-7-2-4-14(5-3-7)10(15)9-8(11)6-12-13-9/h6-7H,2-5H2,1H3,(H,12,13). The second-order valence-corrected chi connectivity index (χ2v) is 4.92. The molecule has 1 saturated heterocycles. The van der Waals surface area contributed by atoms with Crippen LogP contribution in [0.2, 0.25) is 0 Å². The summed E-state index contributed by atoms with van der Waals surface area (Å²) in [5, 5.41) is 6.56. The molecule has 0 unspecified atom stereocenters. The van der Waals surface area contributed by atoms with Crippen molar-refractivity contribution in [1.29, 1.82) is 0 Å². The Bertz CT molecular complexity index is 355. The first-order valence-corrected chi connectivity index (χ1v) is 5.96. The van der Waals surface area contributed by atoms with E-state index in [0.717, 1.165) is 36.3 Å². The molecule has 1 fully saturated rings. The Morgan fingerprint density at radius 2 is 2.27 bits per heavy atom. The SMILES string of the molecule is CC1CCN(C(=O)c2[nH]ncc2Br)CC1. The third-order valence-corrected chi connectivity index (χ3v) is 3.48. The molecule has 1 amide bonds. The molecule has 1 aromatic heterocycles. The highest BCUT2D eigenvalue weighted by atomic mass is 79.9. The molecular formula is C10H14BrN3O. The maximum Gasteiger partial charge on any atom is 0.273 e. The summed E-state index contributed by atoms with van der Waals surface area (Å²) in [5.41, 5.74) is 0.560. The molecule has 1 aliphatic heterocycles. The zero-order chi connectivity index (χ0) is 10.8. The van der Waals surface area contributed by atoms with Gasteiger partial charge in [-0.25, -0.2) is 0 Å². The summed E-state index contributed by atoms with van der Waals surface area (Å²) in [5.74, 6) is 0.783. The fourth-order valence-corrected chi connectivity index (χ4v) is 2.15. The third-order valence-electron chi connectivity index (χ3n) is 2.88. The molecule has 0 saturated carbocycles. The van der Waals surface area contributed by atoms with Gasteiger partial charge >= 0.3 is 0 Å². The molecule has 0 radical (unpaired) electrons. The molecule has 1 aliphatic rings. The Morgan fingerprint density at radius 1 is 1.60 bits per heavy atom. The highest BCUT2D eigenvalue weighted by molar-refractivity contribution is 9.10. The molecule has 0 spiro atoms. The van der Waals surface area contributed by atoms with Crippen LogP contribution in [-0.4, -0.2) is 34.1 Å². The second-order valence-electron chi connectivity index (χ2n) is 4.07. The Morgan fingerprint density at radius 3 is 2.80 bits per heavy atom. The minimum absolute atomic E-state index is 0.0475. The lowest BCUT2D eigenvalue weighted by Gasteiger charge is -2.29. The monoisotopic (exact) mass is 271 g/mol. The van der Waals surface area contributed by atoms with Crippen LogP contribution in [-0.2, 0) is 0 Å². The third kappa shape index (κ3) is 2.22. The Hall–Kier alpha value is -0.840. The average Bonchev–Trinajstić information content (AvgIpc) is 2.65. The van der Waals surface area contributed by atoms with E-state index >= 15 is 0 Å². The van der Waals surface area contributed by atoms with Crippen molar-refractivity contribution < 1.29 is 4.79 Å². The number of hydrogen-bond acceptors (Lipinski definition) is 2. The van der Waals surface area contributed by atoms with Gasteiger partial charge in [0.15, 0.2) is 0 Å². The lowest BCUT2D eigenvalue weighted by atomic mass is 9.99. The van der Waals surface area contributed by atoms with E-state index in [-0.39, 0.29) is 5.91 Å². The molecule has 0 aromatic carbocycles. The van der Waals surface area contributed by atoms with Crippen molar-refractivity contribution in [2.75, 3.05) is 13.1 Å². The molecule has 1 N–H and O–H groups in total. The Kier molecular flexibility index (Phi) is 3.09. The van der Waals surface area contributed by atoms with Gasteiger partial charge in [0.05, 0.1) is 10.7 Å². The van der Waals surface area contributed by atoms with E-state index in [9.17, 15) is 4.79 Å². The predicted molar refractivity (Wildman–Crippen MR) is 60.6 cm³/mol. The number of H-pyrrole nitrogens is 1. The first-order chi connectivity index (χ1) is 7.18. The number of carbonyl (C=O) groups excluding carboxylic acids is 1. The molecule has 1 aromatic rings. The Balaban J connectivity index is 2.06. The number of nitrogens with one attached hydrogen (secondary N) is 1. The van der Waals surface area contributed by atoms with Crippen LogP contribution in [0.3, 0.4) is 0 Å². The highest BCUT2D eigenvalue weighted by Gasteiger charge is 2.23. The summed E-state index contributed by atoms with van der Waals surface area (Å²) < 4.78 is 0.742. The van der Waals surface area contributed by atoms with Crippen molar-refractivity contribution in [2.24, 2.45) is 5.92 Å². The number of nitrogens with zero attached hydrogens (tertiary/aromatic N) is 2. The van der Waals surface area contributed by atoms with E-state index in [1.807, 2.05) is 4.90 Å². The summed E-state index contributed by atoms with van der Waals surface area (Å²) in [6, 6.07) is 0. The minimum Gasteiger partial charge on any atom is -0.337 e. The van der Waals surface area contributed by atoms with Gasteiger partial charge in [0.1, 0.15) is 5.69 Å². The molecule has 15 heavy (non-hydrogen) atoms. The number of amides is 1. The summed E-state index contributed by atoms with van der Waals surface area (Å²) in [7, 11) is 0. The van der Waals surface area contributed by atoms with Crippen molar-refractivity contribution >= 4 is 21.8 Å². The summed E-state index contributed by atoms with van der Waals surface area (Å²) >= 11 is 3.30. The summed E-state index contributed by atoms with van der Waals surface area (Å²) in [6.07, 6.45) is 3.80. The normalized spacial score (nSPS) is 18.1. The molecular weight excluding hydrogens is 258 g/mol. The number of halogens is 1. The van der Waals surface area contributed by atoms with Gasteiger partial charge in [-0.05, 0) is 34.7 Å². The fraction of sp³-hybridized carbons (Fsp3) is 0.600. The molecule has 2 rings (SSSR count). The van der Waals surface area contributed by atoms with Crippen molar-refractivity contribution in [3.05, 3.63) is 16.4 Å². The summed E-state index contributed by atoms with van der Waals surface area (Å²) in [6.45, 7) is 3.94. The Labute approximate surface area is 97.2 Å². The lowest BCUT2D eigenvalue weighted by Crippen LogP contribution is -2.38. The van der Waals surface area contributed by atoms with Gasteiger partial charge in [-0.1, -0.05) is 6.92 Å². The molecule has 2 heterocycles. The zero-order valence-electron chi connectivity index (χ0n) is 8.66. The van der Waals surface area contributed by atoms with Crippen LogP contribution < -0.4 is 0 Å². The van der Waals surface area contributed by atoms with Gasteiger partial charge in [-0.15, -0.1) is 0 Å². The first kappa shape index (κ1) is 10.7. The van der Waals surface area contributed by atoms with Crippen LogP contribution in [0, 0.1) is 5.92 Å². The van der Waals surface area contributed by atoms with Crippen molar-refractivity contribution in [3.8, 4) is 0 Å². The topological polar surface area (TPSA) is 49.0 Å². The first-order valence-electron chi connectivity index (χ1n) is 5.16. The summed E-state index contributed by atoms with van der Waals surface area (Å²) in [4.78, 5) is 13.9. The van der Waals surface area contributed by atoms with Gasteiger partial charge in [0, 0.05) is 13.1 Å². The van der Waals surface area contributed by atoms with E-state index in [2.05, 4.69) is 33.1 Å². The van der Waals surface area contributed by atoms with Gasteiger partial charge in [0.25, 0.3) is 5.91 Å². The predicted octanol–water partition coefficient (Wildman–Crippen LogP) is 2.04. The minimum atomic E-state index is 0.0475. The van der Waals surface area contributed by atoms with Gasteiger partial charge < -0.3 is 4.90 Å². The average molecular weight is 272 g/mol. The number of carbonyl (C=O) groups is 1. The van der Waals surface area contributed by atoms with Crippen molar-refractivity contribution in [3.63, 3.8) is 0 Å². The number of piperidine rings is 1. The fourth-order valence-electron chi connectivity index (χ4n) is 1.79. The molecule has 4 nitrogen and oxygen atoms in total. The maximum atomic E-state index is 12.0. The van der Waals surface area contributed by atoms with Crippen LogP contribution in [0.25, 0.3) is 0 Å². The van der Waals surface area contributed by atoms with E-state index in [1.165, 1.54) is 0 Å². The number of hydrogen-bond donors (Lipinski definition) is 1. The largest absolute Gasteiger partial charge is 0.337 e. The van der Waals surface area contributed by atoms with Gasteiger partial charge in [0.2, 0.25) is 0 Å². The lowest BCUT2D eigenvalue weighted by molar-refractivity contribution is 0.0690. The second kappa shape index (κ2) is 4.35. The number of aromatic amines is 1. The van der Waals surface area contributed by atoms with Gasteiger partial charge in [-0.3, -0.25) is 9.89 Å². The van der Waals surface area contributed by atoms with E-state index in [1.54, 1.807) is 6.20 Å². The van der Waals surface area contributed by atoms with Crippen LogP contribution in [0.15, 0.2) is 10.7 Å². The van der Waals surface area contributed by atoms with Crippen molar-refractivity contribution in [1.82, 2.24) is 15.1 Å². The molecule has 0 atom stereocenters. The van der Waals surface area contributed by atoms with E-state index < -0.39 is 0 Å². The van der Waals surface area contributed by atoms with Crippen LogP contribution in [0.4, 0.5) is 0 Å². The van der Waals surface area contributed by atoms with Crippen LogP contribution in [0.1, 0.15) is 30.3 Å². The number of likely N-dealkylation sites (tertiary alicyclic amines) is 1. The number of rotatable bonds is 1. The van der Waals surface area contributed by atoms with E-state index in [0.29, 0.717) is 5.69 Å². The quantitative estimate of drug-likeness (QED) is 0.850. The van der Waals surface area contributed by atoms with Crippen LogP contribution in [0.5, 0.6) is 0 Å². The maximum absolute atomic E-state index is 12.0. The molecule has 82 valence electrons. The van der Waals surface area contributed by atoms with E-state index in [4.69, 9.17) is 0 Å². The number of aromatic nitrogens is 2. The highest BCUT2D eigenvalue weighted by Crippen LogP contribution is 2.20. The van der Waals surface area contributed by atoms with Crippen LogP contribution >= 0.6 is 15.9 Å². The molecule has 0 bridgehead atoms.